The molecule has 1 amide bonds. The topological polar surface area (TPSA) is 120 Å². The maximum atomic E-state index is 12.1. The van der Waals surface area contributed by atoms with Crippen molar-refractivity contribution >= 4 is 11.7 Å². The number of hydrogen-bond acceptors (Lipinski definition) is 7. The van der Waals surface area contributed by atoms with Crippen LogP contribution in [0.25, 0.3) is 11.4 Å². The molecular weight excluding hydrogens is 296 g/mol. The zero-order valence-electron chi connectivity index (χ0n) is 12.3. The summed E-state index contributed by atoms with van der Waals surface area (Å²) in [6.45, 7) is 1.75. The summed E-state index contributed by atoms with van der Waals surface area (Å²) in [4.78, 5) is 24.3. The molecule has 0 radical (unpaired) electrons. The maximum Gasteiger partial charge on any atom is 0.253 e. The number of hydrogen-bond donors (Lipinski definition) is 2. The highest BCUT2D eigenvalue weighted by Crippen LogP contribution is 2.17. The number of amides is 1. The van der Waals surface area contributed by atoms with Gasteiger partial charge in [0.1, 0.15) is 11.9 Å². The van der Waals surface area contributed by atoms with Crippen LogP contribution < -0.4 is 11.1 Å². The lowest BCUT2D eigenvalue weighted by molar-refractivity contribution is 0.0932. The highest BCUT2D eigenvalue weighted by atomic mass is 16.5. The van der Waals surface area contributed by atoms with Crippen molar-refractivity contribution in [3.63, 3.8) is 0 Å². The molecule has 0 spiro atoms. The lowest BCUT2D eigenvalue weighted by atomic mass is 10.2. The second-order valence-electron chi connectivity index (χ2n) is 4.86. The van der Waals surface area contributed by atoms with Crippen molar-refractivity contribution in [3.05, 3.63) is 54.3 Å². The van der Waals surface area contributed by atoms with E-state index in [1.807, 2.05) is 6.07 Å². The normalized spacial score (nSPS) is 11.9. The van der Waals surface area contributed by atoms with Crippen LogP contribution in [0.15, 0.2) is 47.4 Å². The van der Waals surface area contributed by atoms with E-state index in [1.165, 1.54) is 6.20 Å². The summed E-state index contributed by atoms with van der Waals surface area (Å²) in [5.74, 6) is 0.780. The van der Waals surface area contributed by atoms with Crippen molar-refractivity contribution in [2.24, 2.45) is 0 Å². The first kappa shape index (κ1) is 14.6. The van der Waals surface area contributed by atoms with Crippen LogP contribution in [0.3, 0.4) is 0 Å². The van der Waals surface area contributed by atoms with Gasteiger partial charge >= 0.3 is 0 Å². The van der Waals surface area contributed by atoms with Gasteiger partial charge in [-0.05, 0) is 31.2 Å². The highest BCUT2D eigenvalue weighted by molar-refractivity contribution is 5.94. The molecule has 3 heterocycles. The highest BCUT2D eigenvalue weighted by Gasteiger charge is 2.18. The quantitative estimate of drug-likeness (QED) is 0.750. The third kappa shape index (κ3) is 3.31. The molecule has 1 atom stereocenters. The SMILES string of the molecule is C[C@@H](NC(=O)c1ccc(N)nc1)c1nc(-c2cccnc2)no1. The van der Waals surface area contributed by atoms with Crippen LogP contribution >= 0.6 is 0 Å². The van der Waals surface area contributed by atoms with Crippen LogP contribution in [-0.2, 0) is 0 Å². The van der Waals surface area contributed by atoms with E-state index in [9.17, 15) is 4.79 Å². The van der Waals surface area contributed by atoms with Crippen molar-refractivity contribution in [1.82, 2.24) is 25.4 Å². The van der Waals surface area contributed by atoms with Crippen molar-refractivity contribution in [2.75, 3.05) is 5.73 Å². The Kier molecular flexibility index (Phi) is 3.96. The Morgan fingerprint density at radius 2 is 2.17 bits per heavy atom. The summed E-state index contributed by atoms with van der Waals surface area (Å²) < 4.78 is 5.20. The zero-order valence-corrected chi connectivity index (χ0v) is 12.3. The molecule has 0 aliphatic rings. The number of nitrogens with two attached hydrogens (primary N) is 1. The van der Waals surface area contributed by atoms with E-state index >= 15 is 0 Å². The van der Waals surface area contributed by atoms with Crippen molar-refractivity contribution in [1.29, 1.82) is 0 Å². The summed E-state index contributed by atoms with van der Waals surface area (Å²) >= 11 is 0. The number of nitrogen functional groups attached to an aromatic ring is 1. The van der Waals surface area contributed by atoms with Crippen molar-refractivity contribution < 1.29 is 9.32 Å². The van der Waals surface area contributed by atoms with E-state index in [0.717, 1.165) is 5.56 Å². The van der Waals surface area contributed by atoms with Crippen LogP contribution in [0.1, 0.15) is 29.2 Å². The Morgan fingerprint density at radius 1 is 1.30 bits per heavy atom. The fourth-order valence-corrected chi connectivity index (χ4v) is 1.90. The molecule has 3 aromatic heterocycles. The Balaban J connectivity index is 1.71. The molecular formula is C15H14N6O2. The number of rotatable bonds is 4. The number of anilines is 1. The van der Waals surface area contributed by atoms with Gasteiger partial charge in [0.05, 0.1) is 5.56 Å². The largest absolute Gasteiger partial charge is 0.384 e. The Hall–Kier alpha value is -3.29. The fraction of sp³-hybridized carbons (Fsp3) is 0.133. The molecule has 8 nitrogen and oxygen atoms in total. The smallest absolute Gasteiger partial charge is 0.253 e. The fourth-order valence-electron chi connectivity index (χ4n) is 1.90. The van der Waals surface area contributed by atoms with Crippen molar-refractivity contribution in [2.45, 2.75) is 13.0 Å². The molecule has 8 heteroatoms. The first-order valence-electron chi connectivity index (χ1n) is 6.90. The van der Waals surface area contributed by atoms with Gasteiger partial charge in [-0.2, -0.15) is 4.98 Å². The van der Waals surface area contributed by atoms with E-state index < -0.39 is 6.04 Å². The molecule has 0 aliphatic heterocycles. The Bertz CT molecular complexity index is 800. The van der Waals surface area contributed by atoms with Crippen molar-refractivity contribution in [3.8, 4) is 11.4 Å². The monoisotopic (exact) mass is 310 g/mol. The van der Waals surface area contributed by atoms with Crippen LogP contribution in [0.4, 0.5) is 5.82 Å². The van der Waals surface area contributed by atoms with Gasteiger partial charge in [0, 0.05) is 24.2 Å². The molecule has 0 fully saturated rings. The molecule has 0 aromatic carbocycles. The maximum absolute atomic E-state index is 12.1. The van der Waals surface area contributed by atoms with Crippen LogP contribution in [0.5, 0.6) is 0 Å². The standard InChI is InChI=1S/C15H14N6O2/c1-9(19-14(22)11-4-5-12(16)18-8-11)15-20-13(21-23-15)10-3-2-6-17-7-10/h2-9H,1H3,(H2,16,18)(H,19,22)/t9-/m1/s1. The lowest BCUT2D eigenvalue weighted by Crippen LogP contribution is -2.27. The third-order valence-electron chi connectivity index (χ3n) is 3.13. The molecule has 0 aliphatic carbocycles. The summed E-state index contributed by atoms with van der Waals surface area (Å²) in [5.41, 5.74) is 6.64. The molecule has 0 unspecified atom stereocenters. The van der Waals surface area contributed by atoms with Gasteiger partial charge in [0.25, 0.3) is 5.91 Å². The van der Waals surface area contributed by atoms with Gasteiger partial charge < -0.3 is 15.6 Å². The minimum Gasteiger partial charge on any atom is -0.384 e. The van der Waals surface area contributed by atoms with E-state index in [1.54, 1.807) is 37.5 Å². The van der Waals surface area contributed by atoms with Gasteiger partial charge in [0.2, 0.25) is 11.7 Å². The molecule has 0 saturated heterocycles. The second kappa shape index (κ2) is 6.22. The Morgan fingerprint density at radius 3 is 2.87 bits per heavy atom. The molecule has 116 valence electrons. The van der Waals surface area contributed by atoms with Gasteiger partial charge in [-0.1, -0.05) is 5.16 Å². The lowest BCUT2D eigenvalue weighted by Gasteiger charge is -2.09. The van der Waals surface area contributed by atoms with Gasteiger partial charge in [0.15, 0.2) is 0 Å². The summed E-state index contributed by atoms with van der Waals surface area (Å²) in [6, 6.07) is 6.32. The average molecular weight is 310 g/mol. The number of aromatic nitrogens is 4. The van der Waals surface area contributed by atoms with Gasteiger partial charge in [-0.3, -0.25) is 9.78 Å². The summed E-state index contributed by atoms with van der Waals surface area (Å²) in [6.07, 6.45) is 4.71. The molecule has 3 rings (SSSR count). The minimum atomic E-state index is -0.446. The van der Waals surface area contributed by atoms with Gasteiger partial charge in [-0.15, -0.1) is 0 Å². The molecule has 23 heavy (non-hydrogen) atoms. The Labute approximate surface area is 131 Å². The summed E-state index contributed by atoms with van der Waals surface area (Å²) in [5, 5.41) is 6.66. The van der Waals surface area contributed by atoms with Crippen LogP contribution in [0, 0.1) is 0 Å². The average Bonchev–Trinajstić information content (AvgIpc) is 3.06. The van der Waals surface area contributed by atoms with E-state index in [-0.39, 0.29) is 5.91 Å². The second-order valence-corrected chi connectivity index (χ2v) is 4.86. The third-order valence-corrected chi connectivity index (χ3v) is 3.13. The molecule has 0 bridgehead atoms. The zero-order chi connectivity index (χ0) is 16.2. The van der Waals surface area contributed by atoms with Crippen LogP contribution in [0.2, 0.25) is 0 Å². The summed E-state index contributed by atoms with van der Waals surface area (Å²) in [7, 11) is 0. The number of nitrogens with one attached hydrogen (secondary N) is 1. The minimum absolute atomic E-state index is 0.300. The predicted molar refractivity (Wildman–Crippen MR) is 82.1 cm³/mol. The van der Waals surface area contributed by atoms with Gasteiger partial charge in [-0.25, -0.2) is 4.98 Å². The van der Waals surface area contributed by atoms with E-state index in [0.29, 0.717) is 23.1 Å². The number of pyridine rings is 2. The molecule has 3 N–H and O–H groups in total. The van der Waals surface area contributed by atoms with Crippen LogP contribution in [-0.4, -0.2) is 26.0 Å². The van der Waals surface area contributed by atoms with E-state index in [2.05, 4.69) is 25.4 Å². The number of nitrogens with zero attached hydrogens (tertiary/aromatic N) is 4. The number of carbonyl (C=O) groups excluding carboxylic acids is 1. The molecule has 3 aromatic rings. The number of carbonyl (C=O) groups is 1. The first-order valence-corrected chi connectivity index (χ1v) is 6.90. The molecule has 0 saturated carbocycles. The predicted octanol–water partition coefficient (Wildman–Crippen LogP) is 1.60. The van der Waals surface area contributed by atoms with E-state index in [4.69, 9.17) is 10.3 Å². The first-order chi connectivity index (χ1) is 11.1.